The second-order valence-electron chi connectivity index (χ2n) is 4.33. The third-order valence-corrected chi connectivity index (χ3v) is 2.85. The summed E-state index contributed by atoms with van der Waals surface area (Å²) in [5.74, 6) is 0.541. The number of carbonyl (C=O) groups is 1. The highest BCUT2D eigenvalue weighted by Gasteiger charge is 2.18. The van der Waals surface area contributed by atoms with E-state index in [9.17, 15) is 4.79 Å². The van der Waals surface area contributed by atoms with E-state index in [2.05, 4.69) is 20.0 Å². The van der Waals surface area contributed by atoms with Gasteiger partial charge in [-0.05, 0) is 6.07 Å². The molecule has 1 fully saturated rings. The smallest absolute Gasteiger partial charge is 0.258 e. The van der Waals surface area contributed by atoms with Crippen molar-refractivity contribution in [3.05, 3.63) is 36.2 Å². The molecule has 1 aliphatic heterocycles. The van der Waals surface area contributed by atoms with Crippen molar-refractivity contribution in [2.45, 2.75) is 12.5 Å². The fourth-order valence-corrected chi connectivity index (χ4v) is 1.83. The van der Waals surface area contributed by atoms with Crippen LogP contribution in [0.3, 0.4) is 0 Å². The Morgan fingerprint density at radius 2 is 2.35 bits per heavy atom. The highest BCUT2D eigenvalue weighted by atomic mass is 16.5. The molecule has 1 amide bonds. The first kappa shape index (κ1) is 12.6. The van der Waals surface area contributed by atoms with Gasteiger partial charge < -0.3 is 19.3 Å². The quantitative estimate of drug-likeness (QED) is 0.909. The number of pyridine rings is 1. The predicted molar refractivity (Wildman–Crippen MR) is 68.5 cm³/mol. The van der Waals surface area contributed by atoms with Crippen LogP contribution in [0, 0.1) is 0 Å². The molecule has 1 N–H and O–H groups in total. The van der Waals surface area contributed by atoms with Crippen LogP contribution in [0.1, 0.15) is 16.8 Å². The molecule has 3 heterocycles. The number of hydrogen-bond donors (Lipinski definition) is 1. The van der Waals surface area contributed by atoms with Gasteiger partial charge in [0.15, 0.2) is 5.82 Å². The predicted octanol–water partition coefficient (Wildman–Crippen LogP) is 1.49. The van der Waals surface area contributed by atoms with Gasteiger partial charge >= 0.3 is 0 Å². The van der Waals surface area contributed by atoms with E-state index < -0.39 is 0 Å². The number of anilines is 1. The van der Waals surface area contributed by atoms with Crippen molar-refractivity contribution in [2.75, 3.05) is 18.5 Å². The van der Waals surface area contributed by atoms with Crippen LogP contribution >= 0.6 is 0 Å². The van der Waals surface area contributed by atoms with E-state index >= 15 is 0 Å². The van der Waals surface area contributed by atoms with Crippen LogP contribution in [0.2, 0.25) is 0 Å². The molecule has 7 nitrogen and oxygen atoms in total. The molecule has 7 heteroatoms. The second-order valence-corrected chi connectivity index (χ2v) is 4.33. The van der Waals surface area contributed by atoms with Crippen molar-refractivity contribution in [1.82, 2.24) is 10.1 Å². The van der Waals surface area contributed by atoms with Gasteiger partial charge in [0.2, 0.25) is 5.88 Å². The lowest BCUT2D eigenvalue weighted by atomic mass is 10.2. The maximum Gasteiger partial charge on any atom is 0.258 e. The number of carbonyl (C=O) groups excluding carboxylic acids is 1. The van der Waals surface area contributed by atoms with Gasteiger partial charge in [-0.2, -0.15) is 0 Å². The number of aromatic nitrogens is 2. The monoisotopic (exact) mass is 275 g/mol. The van der Waals surface area contributed by atoms with E-state index in [1.165, 1.54) is 12.5 Å². The van der Waals surface area contributed by atoms with E-state index in [0.29, 0.717) is 30.5 Å². The van der Waals surface area contributed by atoms with Crippen LogP contribution in [0.15, 0.2) is 35.2 Å². The zero-order chi connectivity index (χ0) is 13.8. The lowest BCUT2D eigenvalue weighted by molar-refractivity contribution is 0.102. The van der Waals surface area contributed by atoms with Crippen LogP contribution in [-0.2, 0) is 4.74 Å². The SMILES string of the molecule is O=C(Nc1ccon1)c1ccc(OC2CCOC2)nc1. The summed E-state index contributed by atoms with van der Waals surface area (Å²) in [5, 5.41) is 6.19. The largest absolute Gasteiger partial charge is 0.472 e. The van der Waals surface area contributed by atoms with Gasteiger partial charge in [0, 0.05) is 24.8 Å². The van der Waals surface area contributed by atoms with Crippen LogP contribution in [0.5, 0.6) is 5.88 Å². The number of ether oxygens (including phenoxy) is 2. The summed E-state index contributed by atoms with van der Waals surface area (Å²) in [5.41, 5.74) is 0.419. The fourth-order valence-electron chi connectivity index (χ4n) is 1.83. The molecular weight excluding hydrogens is 262 g/mol. The van der Waals surface area contributed by atoms with Crippen LogP contribution < -0.4 is 10.1 Å². The fraction of sp³-hybridized carbons (Fsp3) is 0.308. The Kier molecular flexibility index (Phi) is 3.60. The summed E-state index contributed by atoms with van der Waals surface area (Å²) in [6.07, 6.45) is 3.74. The summed E-state index contributed by atoms with van der Waals surface area (Å²) in [6.45, 7) is 1.29. The van der Waals surface area contributed by atoms with Crippen LogP contribution in [-0.4, -0.2) is 35.4 Å². The first-order valence-corrected chi connectivity index (χ1v) is 6.23. The Labute approximate surface area is 114 Å². The van der Waals surface area contributed by atoms with Gasteiger partial charge in [0.05, 0.1) is 18.8 Å². The first-order chi connectivity index (χ1) is 9.81. The molecule has 2 aromatic heterocycles. The molecule has 104 valence electrons. The Hall–Kier alpha value is -2.41. The zero-order valence-corrected chi connectivity index (χ0v) is 10.6. The van der Waals surface area contributed by atoms with Crippen LogP contribution in [0.25, 0.3) is 0 Å². The third-order valence-electron chi connectivity index (χ3n) is 2.85. The summed E-state index contributed by atoms with van der Waals surface area (Å²) in [7, 11) is 0. The minimum absolute atomic E-state index is 0.0392. The van der Waals surface area contributed by atoms with E-state index in [0.717, 1.165) is 6.42 Å². The van der Waals surface area contributed by atoms with E-state index in [1.807, 2.05) is 0 Å². The van der Waals surface area contributed by atoms with Crippen molar-refractivity contribution in [3.63, 3.8) is 0 Å². The molecular formula is C13H13N3O4. The van der Waals surface area contributed by atoms with Gasteiger partial charge in [-0.1, -0.05) is 5.16 Å². The normalized spacial score (nSPS) is 17.9. The molecule has 0 aliphatic carbocycles. The molecule has 20 heavy (non-hydrogen) atoms. The van der Waals surface area contributed by atoms with E-state index in [1.54, 1.807) is 18.2 Å². The van der Waals surface area contributed by atoms with Gasteiger partial charge in [-0.3, -0.25) is 4.79 Å². The third kappa shape index (κ3) is 2.94. The molecule has 0 spiro atoms. The maximum atomic E-state index is 11.9. The average molecular weight is 275 g/mol. The number of nitrogens with zero attached hydrogens (tertiary/aromatic N) is 2. The maximum absolute atomic E-state index is 11.9. The number of hydrogen-bond acceptors (Lipinski definition) is 6. The molecule has 0 aromatic carbocycles. The van der Waals surface area contributed by atoms with Crippen molar-refractivity contribution >= 4 is 11.7 Å². The Morgan fingerprint density at radius 1 is 1.40 bits per heavy atom. The van der Waals surface area contributed by atoms with Crippen molar-refractivity contribution in [1.29, 1.82) is 0 Å². The average Bonchev–Trinajstić information content (AvgIpc) is 3.13. The molecule has 0 bridgehead atoms. The highest BCUT2D eigenvalue weighted by Crippen LogP contribution is 2.15. The minimum Gasteiger partial charge on any atom is -0.472 e. The minimum atomic E-state index is -0.304. The van der Waals surface area contributed by atoms with Gasteiger partial charge in [0.25, 0.3) is 5.91 Å². The number of nitrogens with one attached hydrogen (secondary N) is 1. The molecule has 2 aromatic rings. The van der Waals surface area contributed by atoms with Gasteiger partial charge in [0.1, 0.15) is 12.4 Å². The lowest BCUT2D eigenvalue weighted by Crippen LogP contribution is -2.17. The molecule has 1 atom stereocenters. The van der Waals surface area contributed by atoms with E-state index in [4.69, 9.17) is 9.47 Å². The number of amides is 1. The molecule has 3 rings (SSSR count). The molecule has 1 unspecified atom stereocenters. The highest BCUT2D eigenvalue weighted by molar-refractivity contribution is 6.03. The molecule has 1 aliphatic rings. The first-order valence-electron chi connectivity index (χ1n) is 6.23. The zero-order valence-electron chi connectivity index (χ0n) is 10.6. The van der Waals surface area contributed by atoms with Crippen LogP contribution in [0.4, 0.5) is 5.82 Å². The molecule has 1 saturated heterocycles. The van der Waals surface area contributed by atoms with Gasteiger partial charge in [-0.25, -0.2) is 4.98 Å². The van der Waals surface area contributed by atoms with Crippen molar-refractivity contribution in [2.24, 2.45) is 0 Å². The van der Waals surface area contributed by atoms with Crippen molar-refractivity contribution in [3.8, 4) is 5.88 Å². The summed E-state index contributed by atoms with van der Waals surface area (Å²) >= 11 is 0. The van der Waals surface area contributed by atoms with Gasteiger partial charge in [-0.15, -0.1) is 0 Å². The molecule has 0 radical (unpaired) electrons. The topological polar surface area (TPSA) is 86.5 Å². The molecule has 0 saturated carbocycles. The summed E-state index contributed by atoms with van der Waals surface area (Å²) in [4.78, 5) is 16.0. The van der Waals surface area contributed by atoms with Crippen molar-refractivity contribution < 1.29 is 18.8 Å². The lowest BCUT2D eigenvalue weighted by Gasteiger charge is -2.10. The Morgan fingerprint density at radius 3 is 3.00 bits per heavy atom. The summed E-state index contributed by atoms with van der Waals surface area (Å²) < 4.78 is 15.5. The van der Waals surface area contributed by atoms with E-state index in [-0.39, 0.29) is 12.0 Å². The Bertz CT molecular complexity index is 562. The summed E-state index contributed by atoms with van der Waals surface area (Å²) in [6, 6.07) is 4.87. The number of rotatable bonds is 4. The second kappa shape index (κ2) is 5.70. The standard InChI is InChI=1S/C13H13N3O4/c17-13(15-11-4-6-19-16-11)9-1-2-12(14-7-9)20-10-3-5-18-8-10/h1-2,4,6-7,10H,3,5,8H2,(H,15,16,17). The Balaban J connectivity index is 1.61.